The van der Waals surface area contributed by atoms with E-state index >= 15 is 0 Å². The first-order valence-electron chi connectivity index (χ1n) is 5.89. The third kappa shape index (κ3) is 3.49. The molecule has 20 heavy (non-hydrogen) atoms. The summed E-state index contributed by atoms with van der Waals surface area (Å²) < 4.78 is 37.9. The average molecular weight is 301 g/mol. The topological polar surface area (TPSA) is 38.9 Å². The maximum Gasteiger partial charge on any atom is 0.416 e. The molecule has 2 nitrogen and oxygen atoms in total. The molecule has 2 rings (SSSR count). The van der Waals surface area contributed by atoms with Crippen LogP contribution in [0.1, 0.15) is 22.7 Å². The number of alkyl halides is 3. The van der Waals surface area contributed by atoms with Crippen molar-refractivity contribution in [1.82, 2.24) is 4.98 Å². The molecule has 0 aliphatic heterocycles. The zero-order chi connectivity index (χ0) is 14.8. The third-order valence-corrected chi connectivity index (χ3v) is 3.23. The monoisotopic (exact) mass is 300 g/mol. The minimum absolute atomic E-state index is 0.271. The van der Waals surface area contributed by atoms with Gasteiger partial charge in [0.15, 0.2) is 0 Å². The summed E-state index contributed by atoms with van der Waals surface area (Å²) in [5.74, 6) is 0. The van der Waals surface area contributed by atoms with Gasteiger partial charge in [0.1, 0.15) is 0 Å². The molecule has 2 N–H and O–H groups in total. The number of nitrogens with two attached hydrogens (primary N) is 1. The van der Waals surface area contributed by atoms with Crippen LogP contribution in [0.4, 0.5) is 13.2 Å². The molecule has 0 bridgehead atoms. The SMILES string of the molecule is NC(Cc1cccc(C(F)(F)F)c1)c1ccncc1Cl. The van der Waals surface area contributed by atoms with Crippen LogP contribution in [-0.2, 0) is 12.6 Å². The second-order valence-corrected chi connectivity index (χ2v) is 4.81. The quantitative estimate of drug-likeness (QED) is 0.930. The Bertz CT molecular complexity index is 599. The van der Waals surface area contributed by atoms with E-state index in [1.165, 1.54) is 12.3 Å². The van der Waals surface area contributed by atoms with Crippen LogP contribution < -0.4 is 5.73 Å². The summed E-state index contributed by atoms with van der Waals surface area (Å²) in [6.45, 7) is 0. The molecule has 1 aromatic carbocycles. The molecule has 0 spiro atoms. The molecule has 106 valence electrons. The van der Waals surface area contributed by atoms with E-state index in [0.717, 1.165) is 12.1 Å². The fourth-order valence-corrected chi connectivity index (χ4v) is 2.18. The van der Waals surface area contributed by atoms with Crippen molar-refractivity contribution in [3.63, 3.8) is 0 Å². The first-order chi connectivity index (χ1) is 9.38. The highest BCUT2D eigenvalue weighted by Gasteiger charge is 2.30. The summed E-state index contributed by atoms with van der Waals surface area (Å²) in [7, 11) is 0. The Balaban J connectivity index is 2.20. The van der Waals surface area contributed by atoms with Gasteiger partial charge in [-0.05, 0) is 29.7 Å². The molecule has 2 aromatic rings. The molecule has 0 saturated carbocycles. The molecule has 0 radical (unpaired) electrons. The van der Waals surface area contributed by atoms with Crippen LogP contribution in [0.3, 0.4) is 0 Å². The van der Waals surface area contributed by atoms with Gasteiger partial charge in [-0.1, -0.05) is 29.8 Å². The van der Waals surface area contributed by atoms with E-state index in [4.69, 9.17) is 17.3 Å². The first kappa shape index (κ1) is 14.8. The number of pyridine rings is 1. The molecule has 1 aromatic heterocycles. The van der Waals surface area contributed by atoms with E-state index < -0.39 is 17.8 Å². The highest BCUT2D eigenvalue weighted by Crippen LogP contribution is 2.30. The molecular formula is C14H12ClF3N2. The summed E-state index contributed by atoms with van der Waals surface area (Å²) in [5.41, 5.74) is 6.50. The van der Waals surface area contributed by atoms with E-state index in [-0.39, 0.29) is 6.42 Å². The molecule has 0 aliphatic rings. The van der Waals surface area contributed by atoms with Gasteiger partial charge in [0, 0.05) is 18.4 Å². The van der Waals surface area contributed by atoms with Gasteiger partial charge in [-0.2, -0.15) is 13.2 Å². The average Bonchev–Trinajstić information content (AvgIpc) is 2.38. The zero-order valence-electron chi connectivity index (χ0n) is 10.4. The second-order valence-electron chi connectivity index (χ2n) is 4.41. The van der Waals surface area contributed by atoms with Crippen LogP contribution in [0.5, 0.6) is 0 Å². The minimum atomic E-state index is -4.35. The zero-order valence-corrected chi connectivity index (χ0v) is 11.1. The summed E-state index contributed by atoms with van der Waals surface area (Å²) >= 11 is 5.97. The molecule has 1 atom stereocenters. The van der Waals surface area contributed by atoms with Crippen molar-refractivity contribution >= 4 is 11.6 Å². The third-order valence-electron chi connectivity index (χ3n) is 2.91. The van der Waals surface area contributed by atoms with Crippen LogP contribution in [0.2, 0.25) is 5.02 Å². The molecule has 1 unspecified atom stereocenters. The largest absolute Gasteiger partial charge is 0.416 e. The predicted molar refractivity (Wildman–Crippen MR) is 71.3 cm³/mol. The first-order valence-corrected chi connectivity index (χ1v) is 6.27. The predicted octanol–water partition coefficient (Wildman–Crippen LogP) is 4.00. The maximum atomic E-state index is 12.6. The van der Waals surface area contributed by atoms with Crippen molar-refractivity contribution in [2.24, 2.45) is 5.73 Å². The molecule has 0 fully saturated rings. The number of aromatic nitrogens is 1. The van der Waals surface area contributed by atoms with Gasteiger partial charge >= 0.3 is 6.18 Å². The van der Waals surface area contributed by atoms with E-state index in [2.05, 4.69) is 4.98 Å². The van der Waals surface area contributed by atoms with Crippen LogP contribution in [0.15, 0.2) is 42.7 Å². The smallest absolute Gasteiger partial charge is 0.324 e. The highest BCUT2D eigenvalue weighted by molar-refractivity contribution is 6.31. The van der Waals surface area contributed by atoms with Crippen LogP contribution in [0, 0.1) is 0 Å². The van der Waals surface area contributed by atoms with Crippen molar-refractivity contribution in [1.29, 1.82) is 0 Å². The fourth-order valence-electron chi connectivity index (χ4n) is 1.93. The molecule has 0 amide bonds. The maximum absolute atomic E-state index is 12.6. The number of hydrogen-bond donors (Lipinski definition) is 1. The number of rotatable bonds is 3. The van der Waals surface area contributed by atoms with E-state index in [1.807, 2.05) is 0 Å². The number of halogens is 4. The molecule has 0 saturated heterocycles. The Labute approximate surface area is 119 Å². The minimum Gasteiger partial charge on any atom is -0.324 e. The van der Waals surface area contributed by atoms with Crippen molar-refractivity contribution < 1.29 is 13.2 Å². The lowest BCUT2D eigenvalue weighted by Gasteiger charge is -2.14. The second kappa shape index (κ2) is 5.81. The van der Waals surface area contributed by atoms with E-state index in [1.54, 1.807) is 18.3 Å². The Morgan fingerprint density at radius 3 is 2.65 bits per heavy atom. The highest BCUT2D eigenvalue weighted by atomic mass is 35.5. The van der Waals surface area contributed by atoms with Crippen LogP contribution >= 0.6 is 11.6 Å². The van der Waals surface area contributed by atoms with Gasteiger partial charge in [0.05, 0.1) is 10.6 Å². The lowest BCUT2D eigenvalue weighted by Crippen LogP contribution is -2.14. The Morgan fingerprint density at radius 1 is 1.25 bits per heavy atom. The van der Waals surface area contributed by atoms with E-state index in [9.17, 15) is 13.2 Å². The van der Waals surface area contributed by atoms with Crippen molar-refractivity contribution in [2.45, 2.75) is 18.6 Å². The van der Waals surface area contributed by atoms with Crippen molar-refractivity contribution in [3.05, 3.63) is 64.4 Å². The molecular weight excluding hydrogens is 289 g/mol. The van der Waals surface area contributed by atoms with Crippen molar-refractivity contribution in [2.75, 3.05) is 0 Å². The fraction of sp³-hybridized carbons (Fsp3) is 0.214. The Hall–Kier alpha value is -1.59. The summed E-state index contributed by atoms with van der Waals surface area (Å²) in [6, 6.07) is 6.32. The van der Waals surface area contributed by atoms with Gasteiger partial charge in [-0.3, -0.25) is 4.98 Å². The van der Waals surface area contributed by atoms with Gasteiger partial charge in [0.2, 0.25) is 0 Å². The summed E-state index contributed by atoms with van der Waals surface area (Å²) in [5, 5.41) is 0.409. The number of hydrogen-bond acceptors (Lipinski definition) is 2. The van der Waals surface area contributed by atoms with Gasteiger partial charge in [0.25, 0.3) is 0 Å². The van der Waals surface area contributed by atoms with Crippen molar-refractivity contribution in [3.8, 4) is 0 Å². The van der Waals surface area contributed by atoms with Gasteiger partial charge in [-0.25, -0.2) is 0 Å². The summed E-state index contributed by atoms with van der Waals surface area (Å²) in [6.07, 6.45) is -1.07. The lowest BCUT2D eigenvalue weighted by atomic mass is 9.99. The van der Waals surface area contributed by atoms with Crippen LogP contribution in [0.25, 0.3) is 0 Å². The van der Waals surface area contributed by atoms with Crippen LogP contribution in [-0.4, -0.2) is 4.98 Å². The van der Waals surface area contributed by atoms with Gasteiger partial charge < -0.3 is 5.73 Å². The Kier molecular flexibility index (Phi) is 4.30. The molecule has 0 aliphatic carbocycles. The molecule has 6 heteroatoms. The van der Waals surface area contributed by atoms with E-state index in [0.29, 0.717) is 16.1 Å². The van der Waals surface area contributed by atoms with Gasteiger partial charge in [-0.15, -0.1) is 0 Å². The molecule has 1 heterocycles. The number of nitrogens with zero attached hydrogens (tertiary/aromatic N) is 1. The number of benzene rings is 1. The normalized spacial score (nSPS) is 13.2. The standard InChI is InChI=1S/C14H12ClF3N2/c15-12-8-20-5-4-11(12)13(19)7-9-2-1-3-10(6-9)14(16,17)18/h1-6,8,13H,7,19H2. The Morgan fingerprint density at radius 2 is 2.00 bits per heavy atom. The summed E-state index contributed by atoms with van der Waals surface area (Å²) in [4.78, 5) is 3.84. The lowest BCUT2D eigenvalue weighted by molar-refractivity contribution is -0.137.